The van der Waals surface area contributed by atoms with Crippen LogP contribution in [0.25, 0.3) is 194 Å². The summed E-state index contributed by atoms with van der Waals surface area (Å²) in [7, 11) is 0. The molecule has 0 saturated heterocycles. The predicted octanol–water partition coefficient (Wildman–Crippen LogP) is 33.7. The Morgan fingerprint density at radius 1 is 0.156 bits per heavy atom. The first kappa shape index (κ1) is 80.9. The molecule has 0 aliphatic rings. The maximum absolute atomic E-state index is 4.93. The lowest BCUT2D eigenvalue weighted by Gasteiger charge is -2.11. The van der Waals surface area contributed by atoms with Crippen molar-refractivity contribution in [3.8, 4) is 73.7 Å². The largest absolute Gasteiger partial charge is 0.308 e. The van der Waals surface area contributed by atoms with Crippen molar-refractivity contribution in [3.63, 3.8) is 0 Å². The van der Waals surface area contributed by atoms with Crippen LogP contribution < -0.4 is 0 Å². The number of fused-ring (bicyclic) bond motifs is 16. The van der Waals surface area contributed by atoms with Gasteiger partial charge >= 0.3 is 0 Å². The summed E-state index contributed by atoms with van der Waals surface area (Å²) in [5.74, 6) is 1.88. The van der Waals surface area contributed by atoms with Crippen LogP contribution in [-0.4, -0.2) is 37.8 Å². The van der Waals surface area contributed by atoms with Gasteiger partial charge in [-0.05, 0) is 222 Å². The number of hydrogen-bond acceptors (Lipinski definition) is 3. The Bertz CT molecular complexity index is 8380. The number of hydrogen-bond donors (Lipinski definition) is 0. The summed E-state index contributed by atoms with van der Waals surface area (Å²) in [5, 5.41) is 15.0. The smallest absolute Gasteiger partial charge is 0.238 e. The molecule has 128 heavy (non-hydrogen) atoms. The summed E-state index contributed by atoms with van der Waals surface area (Å²) in [6.07, 6.45) is 0. The SMILES string of the molecule is Brc1cccc2c3ccccc3n(-c3ccc(-c4ccccc4)cc3)c12.Brc1cccc2c3ccccc3n(-c3ccc4ccccc4c3)c12.Brc1cccc2c3ccccc3n(-c3cccc(-c4ccccc4)c3)c12.Brc1cccc2c3ccccc3n(-c3ccccc3)c12.Brc1cccc2c3ccccc3n(-c3nc(-c4ccccc4)nc(-c4ccccc4)n3)c12. The first-order chi connectivity index (χ1) is 63.1. The molecular weight excluding hydrogens is 1890 g/mol. The Hall–Kier alpha value is -14.2. The molecule has 0 fully saturated rings. The third-order valence-electron chi connectivity index (χ3n) is 23.6. The van der Waals surface area contributed by atoms with Crippen LogP contribution in [0.5, 0.6) is 0 Å². The van der Waals surface area contributed by atoms with Gasteiger partial charge in [-0.2, -0.15) is 9.97 Å². The van der Waals surface area contributed by atoms with Crippen molar-refractivity contribution in [3.05, 3.63) is 477 Å². The maximum Gasteiger partial charge on any atom is 0.238 e. The fraction of sp³-hybridized carbons (Fsp3) is 0. The first-order valence-corrected chi connectivity index (χ1v) is 46.2. The molecule has 8 nitrogen and oxygen atoms in total. The second-order valence-corrected chi connectivity index (χ2v) is 35.4. The molecular formula is C115H75Br5N8. The number of rotatable bonds is 9. The Labute approximate surface area is 781 Å². The van der Waals surface area contributed by atoms with Crippen molar-refractivity contribution < 1.29 is 0 Å². The van der Waals surface area contributed by atoms with Gasteiger partial charge in [0, 0.05) is 110 Å². The molecule has 6 aromatic heterocycles. The van der Waals surface area contributed by atoms with E-state index in [2.05, 4.69) is 479 Å². The van der Waals surface area contributed by atoms with E-state index in [1.807, 2.05) is 78.9 Å². The molecule has 0 radical (unpaired) electrons. The molecule has 0 aliphatic carbocycles. The highest BCUT2D eigenvalue weighted by Gasteiger charge is 2.23. The Balaban J connectivity index is 0.0000000979. The standard InChI is InChI=1S/C27H17BrN4.2C24H16BrN.C22H14BrN.C18H12BrN/c28-22-16-9-15-21-20-14-7-8-17-23(20)32(24(21)22)27-30-25(18-10-3-1-4-11-18)29-26(31-27)19-12-5-2-6-13-19;25-22-14-7-13-21-20-12-4-5-15-23(20)26(24(21)22)19-11-6-10-18(16-19)17-8-2-1-3-9-17;25-22-11-6-10-21-20-9-4-5-12-23(20)26(24(21)22)19-15-13-18(14-16-19)17-7-2-1-3-8-17;23-20-10-5-9-19-18-8-3-4-11-21(18)24(22(19)20)17-13-12-15-6-1-2-7-16(15)14-17;19-16-11-6-10-15-14-9-4-5-12-17(14)20(18(15)16)13-7-2-1-3-8-13/h1-17H;2*1-16H;1-14H;1-12H. The summed E-state index contributed by atoms with van der Waals surface area (Å²) in [4.78, 5) is 14.7. The zero-order valence-corrected chi connectivity index (χ0v) is 76.7. The highest BCUT2D eigenvalue weighted by atomic mass is 79.9. The average Bonchev–Trinajstić information content (AvgIpc) is 1.89. The maximum atomic E-state index is 4.93. The summed E-state index contributed by atoms with van der Waals surface area (Å²) in [5.41, 5.74) is 23.4. The Kier molecular flexibility index (Phi) is 22.6. The van der Waals surface area contributed by atoms with Gasteiger partial charge in [0.2, 0.25) is 5.95 Å². The van der Waals surface area contributed by atoms with E-state index < -0.39 is 0 Å². The molecule has 0 unspecified atom stereocenters. The minimum Gasteiger partial charge on any atom is -0.308 e. The molecule has 610 valence electrons. The zero-order chi connectivity index (χ0) is 86.1. The van der Waals surface area contributed by atoms with Crippen LogP contribution in [0.3, 0.4) is 0 Å². The molecule has 0 atom stereocenters. The van der Waals surface area contributed by atoms with Gasteiger partial charge in [0.1, 0.15) is 0 Å². The van der Waals surface area contributed by atoms with E-state index in [1.54, 1.807) is 0 Å². The second-order valence-electron chi connectivity index (χ2n) is 31.2. The Morgan fingerprint density at radius 3 is 0.797 bits per heavy atom. The number of nitrogens with zero attached hydrogens (tertiary/aromatic N) is 8. The van der Waals surface area contributed by atoms with Gasteiger partial charge < -0.3 is 18.3 Å². The van der Waals surface area contributed by atoms with Gasteiger partial charge in [-0.15, -0.1) is 0 Å². The molecule has 25 aromatic rings. The minimum atomic E-state index is 0.593. The number of halogens is 5. The van der Waals surface area contributed by atoms with E-state index in [9.17, 15) is 0 Å². The monoisotopic (exact) mass is 1960 g/mol. The van der Waals surface area contributed by atoms with E-state index in [0.29, 0.717) is 17.6 Å². The fourth-order valence-corrected chi connectivity index (χ4v) is 20.6. The summed E-state index contributed by atoms with van der Waals surface area (Å²) < 4.78 is 16.9. The lowest BCUT2D eigenvalue weighted by Crippen LogP contribution is -2.06. The van der Waals surface area contributed by atoms with Crippen LogP contribution in [0.2, 0.25) is 0 Å². The number of benzene rings is 19. The summed E-state index contributed by atoms with van der Waals surface area (Å²) in [6.45, 7) is 0. The van der Waals surface area contributed by atoms with E-state index in [4.69, 9.17) is 15.0 Å². The van der Waals surface area contributed by atoms with Crippen LogP contribution in [0.1, 0.15) is 0 Å². The summed E-state index contributed by atoms with van der Waals surface area (Å²) >= 11 is 18.7. The van der Waals surface area contributed by atoms with Gasteiger partial charge in [-0.1, -0.05) is 346 Å². The predicted molar refractivity (Wildman–Crippen MR) is 555 cm³/mol. The van der Waals surface area contributed by atoms with Gasteiger partial charge in [0.15, 0.2) is 11.6 Å². The van der Waals surface area contributed by atoms with Gasteiger partial charge in [-0.25, -0.2) is 4.98 Å². The molecule has 19 aromatic carbocycles. The molecule has 13 heteroatoms. The third kappa shape index (κ3) is 15.4. The van der Waals surface area contributed by atoms with Crippen molar-refractivity contribution in [1.82, 2.24) is 37.8 Å². The normalized spacial score (nSPS) is 11.3. The highest BCUT2D eigenvalue weighted by Crippen LogP contribution is 2.43. The summed E-state index contributed by atoms with van der Waals surface area (Å²) in [6, 6.07) is 159. The van der Waals surface area contributed by atoms with E-state index >= 15 is 0 Å². The van der Waals surface area contributed by atoms with Crippen molar-refractivity contribution in [2.24, 2.45) is 0 Å². The highest BCUT2D eigenvalue weighted by molar-refractivity contribution is 9.11. The van der Waals surface area contributed by atoms with E-state index in [-0.39, 0.29) is 0 Å². The van der Waals surface area contributed by atoms with Crippen LogP contribution in [0, 0.1) is 0 Å². The van der Waals surface area contributed by atoms with Crippen molar-refractivity contribution in [1.29, 1.82) is 0 Å². The van der Waals surface area contributed by atoms with Gasteiger partial charge in [-0.3, -0.25) is 4.57 Å². The fourth-order valence-electron chi connectivity index (χ4n) is 17.8. The first-order valence-electron chi connectivity index (χ1n) is 42.3. The minimum absolute atomic E-state index is 0.593. The molecule has 0 N–H and O–H groups in total. The van der Waals surface area contributed by atoms with Crippen molar-refractivity contribution in [2.75, 3.05) is 0 Å². The average molecular weight is 1970 g/mol. The lowest BCUT2D eigenvalue weighted by atomic mass is 10.1. The molecule has 6 heterocycles. The van der Waals surface area contributed by atoms with Gasteiger partial charge in [0.05, 0.1) is 55.2 Å². The van der Waals surface area contributed by atoms with Crippen LogP contribution in [0.4, 0.5) is 0 Å². The van der Waals surface area contributed by atoms with Crippen molar-refractivity contribution in [2.45, 2.75) is 0 Å². The number of aromatic nitrogens is 8. The van der Waals surface area contributed by atoms with Crippen molar-refractivity contribution >= 4 is 199 Å². The van der Waals surface area contributed by atoms with Crippen LogP contribution in [-0.2, 0) is 0 Å². The molecule has 0 bridgehead atoms. The third-order valence-corrected chi connectivity index (χ3v) is 26.8. The van der Waals surface area contributed by atoms with E-state index in [1.165, 1.54) is 143 Å². The molecule has 0 spiro atoms. The molecule has 0 saturated carbocycles. The van der Waals surface area contributed by atoms with Gasteiger partial charge in [0.25, 0.3) is 0 Å². The van der Waals surface area contributed by atoms with Crippen LogP contribution >= 0.6 is 79.6 Å². The van der Waals surface area contributed by atoms with E-state index in [0.717, 1.165) is 55.3 Å². The Morgan fingerprint density at radius 2 is 0.406 bits per heavy atom. The molecule has 25 rings (SSSR count). The lowest BCUT2D eigenvalue weighted by molar-refractivity contribution is 0.952. The molecule has 0 amide bonds. The topological polar surface area (TPSA) is 63.3 Å². The zero-order valence-electron chi connectivity index (χ0n) is 68.8. The molecule has 0 aliphatic heterocycles. The van der Waals surface area contributed by atoms with Crippen LogP contribution in [0.15, 0.2) is 477 Å². The number of para-hydroxylation sites is 11. The second kappa shape index (κ2) is 35.7. The quantitative estimate of drug-likeness (QED) is 0.145.